The van der Waals surface area contributed by atoms with Crippen LogP contribution >= 0.6 is 15.9 Å². The van der Waals surface area contributed by atoms with Crippen LogP contribution in [0.3, 0.4) is 0 Å². The highest BCUT2D eigenvalue weighted by molar-refractivity contribution is 9.15. The lowest BCUT2D eigenvalue weighted by atomic mass is 9.98. The molecule has 0 saturated carbocycles. The zero-order valence-corrected chi connectivity index (χ0v) is 16.8. The number of para-hydroxylation sites is 1. The molecule has 0 atom stereocenters. The van der Waals surface area contributed by atoms with Crippen molar-refractivity contribution >= 4 is 49.5 Å². The molecule has 1 aromatic heterocycles. The highest BCUT2D eigenvalue weighted by Crippen LogP contribution is 2.38. The second kappa shape index (κ2) is 7.76. The monoisotopic (exact) mass is 403 g/mol. The minimum Gasteiger partial charge on any atom is -0.309 e. The molecular formula is C24H22BrN. The van der Waals surface area contributed by atoms with Crippen LogP contribution < -0.4 is 0 Å². The van der Waals surface area contributed by atoms with Crippen molar-refractivity contribution in [2.45, 2.75) is 13.8 Å². The smallest absolute Gasteiger partial charge is 0.0547 e. The van der Waals surface area contributed by atoms with E-state index in [0.29, 0.717) is 0 Å². The summed E-state index contributed by atoms with van der Waals surface area (Å²) < 4.78 is 3.33. The Labute approximate surface area is 163 Å². The van der Waals surface area contributed by atoms with Gasteiger partial charge in [-0.15, -0.1) is 0 Å². The van der Waals surface area contributed by atoms with Gasteiger partial charge in [-0.25, -0.2) is 0 Å². The first-order chi connectivity index (χ1) is 12.7. The summed E-state index contributed by atoms with van der Waals surface area (Å²) in [6.45, 7) is 12.2. The Bertz CT molecular complexity index is 1030. The lowest BCUT2D eigenvalue weighted by Gasteiger charge is -2.11. The molecule has 3 rings (SSSR count). The summed E-state index contributed by atoms with van der Waals surface area (Å²) in [5.74, 6) is 0. The second-order valence-electron chi connectivity index (χ2n) is 5.94. The second-order valence-corrected chi connectivity index (χ2v) is 6.79. The average molecular weight is 404 g/mol. The number of fused-ring (bicyclic) bond motifs is 1. The third-order valence-electron chi connectivity index (χ3n) is 4.51. The van der Waals surface area contributed by atoms with Crippen LogP contribution in [0.5, 0.6) is 0 Å². The molecule has 0 unspecified atom stereocenters. The summed E-state index contributed by atoms with van der Waals surface area (Å²) in [5, 5.41) is 1.19. The molecule has 0 aliphatic rings. The van der Waals surface area contributed by atoms with Gasteiger partial charge in [-0.05, 0) is 49.2 Å². The number of hydrogen-bond acceptors (Lipinski definition) is 0. The molecule has 1 heterocycles. The van der Waals surface area contributed by atoms with Gasteiger partial charge in [0.05, 0.1) is 11.2 Å². The van der Waals surface area contributed by atoms with E-state index in [4.69, 9.17) is 0 Å². The lowest BCUT2D eigenvalue weighted by molar-refractivity contribution is 1.11. The number of benzene rings is 2. The van der Waals surface area contributed by atoms with E-state index in [1.54, 1.807) is 0 Å². The normalized spacial score (nSPS) is 12.0. The Kier molecular flexibility index (Phi) is 5.43. The predicted octanol–water partition coefficient (Wildman–Crippen LogP) is 7.71. The molecule has 2 heteroatoms. The van der Waals surface area contributed by atoms with Crippen molar-refractivity contribution in [3.8, 4) is 5.69 Å². The maximum Gasteiger partial charge on any atom is 0.0547 e. The van der Waals surface area contributed by atoms with Gasteiger partial charge in [0.1, 0.15) is 0 Å². The van der Waals surface area contributed by atoms with Crippen LogP contribution in [0, 0.1) is 0 Å². The third kappa shape index (κ3) is 2.91. The van der Waals surface area contributed by atoms with Gasteiger partial charge >= 0.3 is 0 Å². The molecular weight excluding hydrogens is 382 g/mol. The van der Waals surface area contributed by atoms with Crippen molar-refractivity contribution in [3.05, 3.63) is 90.2 Å². The summed E-state index contributed by atoms with van der Waals surface area (Å²) in [4.78, 5) is 0. The molecule has 3 aromatic rings. The lowest BCUT2D eigenvalue weighted by Crippen LogP contribution is -1.96. The number of hydrogen-bond donors (Lipinski definition) is 0. The number of rotatable bonds is 5. The topological polar surface area (TPSA) is 4.93 Å². The van der Waals surface area contributed by atoms with Gasteiger partial charge in [-0.1, -0.05) is 77.7 Å². The summed E-state index contributed by atoms with van der Waals surface area (Å²) in [7, 11) is 0. The van der Waals surface area contributed by atoms with Crippen molar-refractivity contribution in [1.29, 1.82) is 0 Å². The van der Waals surface area contributed by atoms with Crippen molar-refractivity contribution < 1.29 is 0 Å². The Balaban J connectivity index is 2.55. The van der Waals surface area contributed by atoms with Crippen molar-refractivity contribution in [2.24, 2.45) is 0 Å². The highest BCUT2D eigenvalue weighted by Gasteiger charge is 2.19. The predicted molar refractivity (Wildman–Crippen MR) is 121 cm³/mol. The van der Waals surface area contributed by atoms with Crippen LogP contribution in [0.1, 0.15) is 36.2 Å². The van der Waals surface area contributed by atoms with E-state index in [-0.39, 0.29) is 0 Å². The van der Waals surface area contributed by atoms with E-state index in [9.17, 15) is 0 Å². The molecule has 0 spiro atoms. The van der Waals surface area contributed by atoms with Gasteiger partial charge < -0.3 is 4.57 Å². The van der Waals surface area contributed by atoms with Crippen LogP contribution in [-0.2, 0) is 0 Å². The molecule has 0 radical (unpaired) electrons. The maximum absolute atomic E-state index is 4.09. The number of aromatic nitrogens is 1. The van der Waals surface area contributed by atoms with E-state index < -0.39 is 0 Å². The van der Waals surface area contributed by atoms with Gasteiger partial charge in [-0.3, -0.25) is 0 Å². The minimum absolute atomic E-state index is 1.06. The van der Waals surface area contributed by atoms with Gasteiger partial charge in [0.15, 0.2) is 0 Å². The molecule has 0 saturated heterocycles. The van der Waals surface area contributed by atoms with Crippen LogP contribution in [0.4, 0.5) is 0 Å². The first-order valence-electron chi connectivity index (χ1n) is 8.64. The molecule has 0 amide bonds. The quantitative estimate of drug-likeness (QED) is 0.411. The van der Waals surface area contributed by atoms with E-state index >= 15 is 0 Å². The van der Waals surface area contributed by atoms with Crippen LogP contribution in [0.25, 0.3) is 39.3 Å². The van der Waals surface area contributed by atoms with Gasteiger partial charge in [-0.2, -0.15) is 0 Å². The Morgan fingerprint density at radius 3 is 2.27 bits per heavy atom. The third-order valence-corrected chi connectivity index (χ3v) is 5.39. The fourth-order valence-electron chi connectivity index (χ4n) is 3.42. The van der Waals surface area contributed by atoms with Gasteiger partial charge in [0.25, 0.3) is 0 Å². The van der Waals surface area contributed by atoms with Gasteiger partial charge in [0, 0.05) is 21.1 Å². The van der Waals surface area contributed by atoms with Crippen LogP contribution in [0.15, 0.2) is 67.8 Å². The highest BCUT2D eigenvalue weighted by atomic mass is 79.9. The van der Waals surface area contributed by atoms with Gasteiger partial charge in [0.2, 0.25) is 0 Å². The Morgan fingerprint density at radius 2 is 1.69 bits per heavy atom. The summed E-state index contributed by atoms with van der Waals surface area (Å²) >= 11 is 3.68. The molecule has 130 valence electrons. The zero-order chi connectivity index (χ0) is 18.7. The average Bonchev–Trinajstić information content (AvgIpc) is 3.01. The SMILES string of the molecule is C=Cc1c(/C(Br)=C\C)ccc2c1c(/C=C\C)c(C=C)n2-c1ccccc1. The summed E-state index contributed by atoms with van der Waals surface area (Å²) in [5.41, 5.74) is 6.78. The molecule has 0 aliphatic heterocycles. The molecule has 0 bridgehead atoms. The first-order valence-corrected chi connectivity index (χ1v) is 9.43. The fraction of sp³-hybridized carbons (Fsp3) is 0.0833. The Hall–Kier alpha value is -2.58. The summed E-state index contributed by atoms with van der Waals surface area (Å²) in [6, 6.07) is 14.7. The first kappa shape index (κ1) is 18.2. The van der Waals surface area contributed by atoms with Crippen molar-refractivity contribution in [1.82, 2.24) is 4.57 Å². The molecule has 26 heavy (non-hydrogen) atoms. The zero-order valence-electron chi connectivity index (χ0n) is 15.2. The molecule has 0 aliphatic carbocycles. The maximum atomic E-state index is 4.09. The largest absolute Gasteiger partial charge is 0.309 e. The van der Waals surface area contributed by atoms with Crippen molar-refractivity contribution in [2.75, 3.05) is 0 Å². The Morgan fingerprint density at radius 1 is 0.962 bits per heavy atom. The van der Waals surface area contributed by atoms with E-state index in [1.165, 1.54) is 5.39 Å². The minimum atomic E-state index is 1.06. The number of nitrogens with zero attached hydrogens (tertiary/aromatic N) is 1. The van der Waals surface area contributed by atoms with E-state index in [0.717, 1.165) is 38.1 Å². The standard InChI is InChI=1S/C24H22BrN/c1-5-12-20-22(8-4)26(17-13-10-9-11-14-17)23-16-15-19(21(25)7-3)18(6-2)24(20)23/h5-16H,2,4H2,1,3H3/b12-5-,21-7+. The molecule has 0 fully saturated rings. The van der Waals surface area contributed by atoms with E-state index in [1.807, 2.05) is 32.1 Å². The summed E-state index contributed by atoms with van der Waals surface area (Å²) in [6.07, 6.45) is 10.2. The van der Waals surface area contributed by atoms with Crippen LogP contribution in [0.2, 0.25) is 0 Å². The van der Waals surface area contributed by atoms with Crippen LogP contribution in [-0.4, -0.2) is 4.57 Å². The molecule has 2 aromatic carbocycles. The van der Waals surface area contributed by atoms with E-state index in [2.05, 4.69) is 88.3 Å². The number of halogens is 1. The van der Waals surface area contributed by atoms with Crippen molar-refractivity contribution in [3.63, 3.8) is 0 Å². The molecule has 1 nitrogen and oxygen atoms in total. The fourth-order valence-corrected chi connectivity index (χ4v) is 3.77. The number of allylic oxidation sites excluding steroid dienone is 2. The molecule has 0 N–H and O–H groups in total.